The molecule has 5 rings (SSSR count). The molecule has 0 amide bonds. The Morgan fingerprint density at radius 2 is 1.81 bits per heavy atom. The molecule has 2 aromatic heterocycles. The lowest BCUT2D eigenvalue weighted by Gasteiger charge is -2.27. The molecular weight excluding hydrogens is 422 g/mol. The van der Waals surface area contributed by atoms with E-state index in [0.29, 0.717) is 18.8 Å². The van der Waals surface area contributed by atoms with Gasteiger partial charge in [-0.3, -0.25) is 4.98 Å². The number of sulfonamides is 1. The van der Waals surface area contributed by atoms with Crippen LogP contribution < -0.4 is 5.32 Å². The average Bonchev–Trinajstić information content (AvgIpc) is 2.79. The maximum Gasteiger partial charge on any atom is 0.211 e. The molecule has 2 aromatic carbocycles. The second-order valence-corrected chi connectivity index (χ2v) is 10.0. The highest BCUT2D eigenvalue weighted by Crippen LogP contribution is 2.31. The summed E-state index contributed by atoms with van der Waals surface area (Å²) in [6.07, 6.45) is 5.18. The Bertz CT molecular complexity index is 1440. The van der Waals surface area contributed by atoms with Gasteiger partial charge in [-0.25, -0.2) is 18.4 Å². The molecule has 1 aliphatic heterocycles. The molecule has 3 heterocycles. The third kappa shape index (κ3) is 3.94. The van der Waals surface area contributed by atoms with Crippen LogP contribution in [0, 0.1) is 6.92 Å². The van der Waals surface area contributed by atoms with Gasteiger partial charge in [-0.05, 0) is 42.5 Å². The molecule has 0 fully saturated rings. The van der Waals surface area contributed by atoms with Crippen LogP contribution in [0.15, 0.2) is 61.1 Å². The van der Waals surface area contributed by atoms with Crippen LogP contribution >= 0.6 is 0 Å². The molecule has 1 aliphatic rings. The van der Waals surface area contributed by atoms with Crippen molar-refractivity contribution in [2.24, 2.45) is 0 Å². The van der Waals surface area contributed by atoms with Crippen LogP contribution in [0.3, 0.4) is 0 Å². The molecule has 1 N–H and O–H groups in total. The summed E-state index contributed by atoms with van der Waals surface area (Å²) in [4.78, 5) is 13.4. The fourth-order valence-corrected chi connectivity index (χ4v) is 4.84. The lowest BCUT2D eigenvalue weighted by molar-refractivity contribution is 0.388. The second kappa shape index (κ2) is 7.96. The zero-order chi connectivity index (χ0) is 22.3. The van der Waals surface area contributed by atoms with E-state index in [-0.39, 0.29) is 6.54 Å². The van der Waals surface area contributed by atoms with Gasteiger partial charge in [0.1, 0.15) is 12.1 Å². The fraction of sp³-hybridized carbons (Fsp3) is 0.208. The van der Waals surface area contributed by atoms with E-state index in [1.165, 1.54) is 16.9 Å². The average molecular weight is 446 g/mol. The first-order chi connectivity index (χ1) is 15.4. The zero-order valence-corrected chi connectivity index (χ0v) is 18.7. The molecule has 0 aliphatic carbocycles. The van der Waals surface area contributed by atoms with Crippen molar-refractivity contribution in [3.05, 3.63) is 77.9 Å². The summed E-state index contributed by atoms with van der Waals surface area (Å²) < 4.78 is 25.3. The minimum Gasteiger partial charge on any atom is -0.340 e. The van der Waals surface area contributed by atoms with Gasteiger partial charge in [0.2, 0.25) is 10.0 Å². The van der Waals surface area contributed by atoms with Crippen LogP contribution in [0.25, 0.3) is 22.0 Å². The van der Waals surface area contributed by atoms with E-state index in [4.69, 9.17) is 0 Å². The number of hydrogen-bond donors (Lipinski definition) is 1. The maximum absolute atomic E-state index is 11.9. The zero-order valence-electron chi connectivity index (χ0n) is 17.9. The molecule has 162 valence electrons. The SMILES string of the molecule is Cc1ccc(Nc2ncnc3c2CCN(S(C)(=O)=O)C3)cc1-c1cc2ccccc2cn1. The van der Waals surface area contributed by atoms with Crippen molar-refractivity contribution < 1.29 is 8.42 Å². The number of hydrogen-bond acceptors (Lipinski definition) is 6. The molecular formula is C24H23N5O2S. The van der Waals surface area contributed by atoms with Crippen molar-refractivity contribution >= 4 is 32.3 Å². The number of nitrogens with one attached hydrogen (secondary N) is 1. The Morgan fingerprint density at radius 1 is 1.00 bits per heavy atom. The summed E-state index contributed by atoms with van der Waals surface area (Å²) in [5, 5.41) is 5.67. The Balaban J connectivity index is 1.47. The largest absolute Gasteiger partial charge is 0.340 e. The molecule has 0 radical (unpaired) electrons. The van der Waals surface area contributed by atoms with Gasteiger partial charge in [0, 0.05) is 34.9 Å². The first kappa shape index (κ1) is 20.5. The molecule has 0 saturated heterocycles. The summed E-state index contributed by atoms with van der Waals surface area (Å²) in [5.74, 6) is 0.712. The number of benzene rings is 2. The van der Waals surface area contributed by atoms with Crippen LogP contribution in [-0.4, -0.2) is 40.5 Å². The molecule has 4 aromatic rings. The number of fused-ring (bicyclic) bond motifs is 2. The predicted molar refractivity (Wildman–Crippen MR) is 126 cm³/mol. The monoisotopic (exact) mass is 445 g/mol. The Labute approximate surface area is 187 Å². The molecule has 0 bridgehead atoms. The fourth-order valence-electron chi connectivity index (χ4n) is 4.06. The third-order valence-electron chi connectivity index (χ3n) is 5.85. The van der Waals surface area contributed by atoms with Gasteiger partial charge in [-0.1, -0.05) is 30.3 Å². The van der Waals surface area contributed by atoms with Crippen molar-refractivity contribution in [3.8, 4) is 11.3 Å². The van der Waals surface area contributed by atoms with Gasteiger partial charge in [0.05, 0.1) is 24.2 Å². The van der Waals surface area contributed by atoms with Crippen LogP contribution in [0.1, 0.15) is 16.8 Å². The van der Waals surface area contributed by atoms with Crippen LogP contribution in [0.4, 0.5) is 11.5 Å². The first-order valence-electron chi connectivity index (χ1n) is 10.4. The highest BCUT2D eigenvalue weighted by Gasteiger charge is 2.26. The number of rotatable bonds is 4. The third-order valence-corrected chi connectivity index (χ3v) is 7.10. The van der Waals surface area contributed by atoms with E-state index in [1.54, 1.807) is 0 Å². The quantitative estimate of drug-likeness (QED) is 0.510. The molecule has 0 spiro atoms. The highest BCUT2D eigenvalue weighted by atomic mass is 32.2. The summed E-state index contributed by atoms with van der Waals surface area (Å²) >= 11 is 0. The molecule has 7 nitrogen and oxygen atoms in total. The molecule has 0 atom stereocenters. The molecule has 32 heavy (non-hydrogen) atoms. The van der Waals surface area contributed by atoms with Crippen LogP contribution in [-0.2, 0) is 23.0 Å². The predicted octanol–water partition coefficient (Wildman–Crippen LogP) is 4.06. The number of aromatic nitrogens is 3. The molecule has 0 saturated carbocycles. The smallest absolute Gasteiger partial charge is 0.211 e. The second-order valence-electron chi connectivity index (χ2n) is 8.07. The highest BCUT2D eigenvalue weighted by molar-refractivity contribution is 7.88. The van der Waals surface area contributed by atoms with Crippen molar-refractivity contribution in [1.29, 1.82) is 0 Å². The van der Waals surface area contributed by atoms with Gasteiger partial charge in [0.25, 0.3) is 0 Å². The van der Waals surface area contributed by atoms with E-state index in [0.717, 1.165) is 44.5 Å². The van der Waals surface area contributed by atoms with Gasteiger partial charge < -0.3 is 5.32 Å². The van der Waals surface area contributed by atoms with Crippen molar-refractivity contribution in [1.82, 2.24) is 19.3 Å². The van der Waals surface area contributed by atoms with E-state index >= 15 is 0 Å². The standard InChI is InChI=1S/C24H23N5O2S/c1-16-7-8-19(12-21(16)22-11-17-5-3-4-6-18(17)13-25-22)28-24-20-9-10-29(32(2,30)31)14-23(20)26-15-27-24/h3-8,11-13,15H,9-10,14H2,1-2H3,(H,26,27,28). The Morgan fingerprint density at radius 3 is 2.62 bits per heavy atom. The van der Waals surface area contributed by atoms with E-state index < -0.39 is 10.0 Å². The van der Waals surface area contributed by atoms with Gasteiger partial charge >= 0.3 is 0 Å². The van der Waals surface area contributed by atoms with E-state index in [2.05, 4.69) is 57.5 Å². The van der Waals surface area contributed by atoms with Crippen LogP contribution in [0.2, 0.25) is 0 Å². The van der Waals surface area contributed by atoms with Crippen molar-refractivity contribution in [2.45, 2.75) is 19.9 Å². The number of anilines is 2. The normalized spacial score (nSPS) is 14.3. The van der Waals surface area contributed by atoms with Gasteiger partial charge in [-0.15, -0.1) is 0 Å². The van der Waals surface area contributed by atoms with Gasteiger partial charge in [-0.2, -0.15) is 4.31 Å². The topological polar surface area (TPSA) is 88.1 Å². The van der Waals surface area contributed by atoms with Gasteiger partial charge in [0.15, 0.2) is 0 Å². The van der Waals surface area contributed by atoms with Crippen molar-refractivity contribution in [3.63, 3.8) is 0 Å². The number of aryl methyl sites for hydroxylation is 1. The first-order valence-corrected chi connectivity index (χ1v) is 12.2. The lowest BCUT2D eigenvalue weighted by Crippen LogP contribution is -2.36. The van der Waals surface area contributed by atoms with E-state index in [1.807, 2.05) is 24.4 Å². The van der Waals surface area contributed by atoms with E-state index in [9.17, 15) is 8.42 Å². The van der Waals surface area contributed by atoms with Crippen LogP contribution in [0.5, 0.6) is 0 Å². The Kier molecular flexibility index (Phi) is 5.11. The Hall–Kier alpha value is -3.36. The lowest BCUT2D eigenvalue weighted by atomic mass is 10.0. The summed E-state index contributed by atoms with van der Waals surface area (Å²) in [5.41, 5.74) is 5.69. The minimum atomic E-state index is -3.25. The summed E-state index contributed by atoms with van der Waals surface area (Å²) in [7, 11) is -3.25. The molecule has 8 heteroatoms. The maximum atomic E-state index is 11.9. The number of nitrogens with zero attached hydrogens (tertiary/aromatic N) is 4. The minimum absolute atomic E-state index is 0.269. The summed E-state index contributed by atoms with van der Waals surface area (Å²) in [6, 6.07) is 16.4. The van der Waals surface area contributed by atoms with Crippen molar-refractivity contribution in [2.75, 3.05) is 18.1 Å². The molecule has 0 unspecified atom stereocenters. The summed E-state index contributed by atoms with van der Waals surface area (Å²) in [6.45, 7) is 2.77. The number of pyridine rings is 1.